The fraction of sp³-hybridized carbons (Fsp3) is 0.532. The molecule has 2 aromatic heterocycles. The Morgan fingerprint density at radius 1 is 0.827 bits per heavy atom. The van der Waals surface area contributed by atoms with Gasteiger partial charge in [0.05, 0.1) is 19.5 Å². The maximum atomic E-state index is 12.8. The van der Waals surface area contributed by atoms with Gasteiger partial charge in [0.25, 0.3) is 0 Å². The van der Waals surface area contributed by atoms with Gasteiger partial charge in [0.2, 0.25) is 16.9 Å². The Kier molecular flexibility index (Phi) is 29.3. The van der Waals surface area contributed by atoms with Crippen molar-refractivity contribution < 1.29 is 80.5 Å². The fourth-order valence-corrected chi connectivity index (χ4v) is 10.1. The van der Waals surface area contributed by atoms with Crippen LogP contribution in [0.5, 0.6) is 0 Å². The van der Waals surface area contributed by atoms with Crippen molar-refractivity contribution in [3.63, 3.8) is 0 Å². The molecule has 1 fully saturated rings. The standard InChI is InChI=1S/C47H72N7O17P3S/c1-4-5-6-7-8-9-10-11-12-13-14-15-16-17-18-19-20-21-22-23-24-25-26-27-38(56)75-31-30-49-37(55)28-29-50-45(59)42(58)47(2,3)33-68-74(65,66)71-73(63,64)67-32-36-41(70-72(60,61)62)40(57)46(69-36)54-35-53-39-43(48)51-34-52-44(39)54/h5-6,8-9,11-12,14-15,17-18,20-21,26-27,34-36,40-42,46,57-58H,4,7,10,13,16,19,22-25,28-33H2,1-3H3,(H,49,55)(H,50,59)(H,63,64)(H,65,66)(H2,48,51,52)(H2,60,61,62)/b6-5-,9-8-,12-11-,15-14-,18-17-,21-20-,27-26+/t36-,40-,41-,42+,46-/m1/s1. The van der Waals surface area contributed by atoms with E-state index in [4.69, 9.17) is 19.5 Å². The van der Waals surface area contributed by atoms with Crippen LogP contribution in [0.4, 0.5) is 5.82 Å². The maximum absolute atomic E-state index is 12.8. The smallest absolute Gasteiger partial charge is 0.386 e. The van der Waals surface area contributed by atoms with E-state index in [0.717, 1.165) is 93.2 Å². The Balaban J connectivity index is 1.26. The summed E-state index contributed by atoms with van der Waals surface area (Å²) in [5, 5.41) is 26.5. The number of phosphoric ester groups is 3. The normalized spacial score (nSPS) is 20.0. The predicted molar refractivity (Wildman–Crippen MR) is 283 cm³/mol. The average molecular weight is 1130 g/mol. The Morgan fingerprint density at radius 3 is 2.00 bits per heavy atom. The van der Waals surface area contributed by atoms with E-state index in [0.29, 0.717) is 5.75 Å². The van der Waals surface area contributed by atoms with Gasteiger partial charge in [0, 0.05) is 30.7 Å². The molecule has 3 heterocycles. The molecule has 10 N–H and O–H groups in total. The fourth-order valence-electron chi connectivity index (χ4n) is 6.67. The maximum Gasteiger partial charge on any atom is 0.481 e. The van der Waals surface area contributed by atoms with Crippen LogP contribution in [0, 0.1) is 5.41 Å². The second kappa shape index (κ2) is 33.8. The molecule has 1 aliphatic rings. The number of carbonyl (C=O) groups is 3. The molecule has 0 saturated carbocycles. The Hall–Kier alpha value is -4.26. The first-order valence-corrected chi connectivity index (χ1v) is 29.7. The molecule has 2 unspecified atom stereocenters. The van der Waals surface area contributed by atoms with Gasteiger partial charge in [-0.15, -0.1) is 0 Å². The molecular formula is C47H72N7O17P3S. The molecule has 24 nitrogen and oxygen atoms in total. The number of aliphatic hydroxyl groups is 2. The number of amides is 2. The van der Waals surface area contributed by atoms with Crippen LogP contribution >= 0.6 is 35.2 Å². The summed E-state index contributed by atoms with van der Waals surface area (Å²) in [6, 6.07) is 0. The summed E-state index contributed by atoms with van der Waals surface area (Å²) in [7, 11) is -16.4. The number of nitrogens with zero attached hydrogens (tertiary/aromatic N) is 4. The number of nitrogens with one attached hydrogen (secondary N) is 2. The molecule has 1 aliphatic heterocycles. The highest BCUT2D eigenvalue weighted by molar-refractivity contribution is 8.14. The Bertz CT molecular complexity index is 2480. The molecule has 0 bridgehead atoms. The van der Waals surface area contributed by atoms with Crippen molar-refractivity contribution in [1.29, 1.82) is 0 Å². The van der Waals surface area contributed by atoms with Crippen LogP contribution in [0.3, 0.4) is 0 Å². The highest BCUT2D eigenvalue weighted by Gasteiger charge is 2.50. The van der Waals surface area contributed by atoms with Gasteiger partial charge in [-0.3, -0.25) is 32.5 Å². The Morgan fingerprint density at radius 2 is 1.40 bits per heavy atom. The molecule has 2 aromatic rings. The summed E-state index contributed by atoms with van der Waals surface area (Å²) in [6.07, 6.45) is 31.9. The van der Waals surface area contributed by atoms with E-state index < -0.39 is 84.6 Å². The lowest BCUT2D eigenvalue weighted by atomic mass is 9.87. The first kappa shape index (κ1) is 65.0. The molecular weight excluding hydrogens is 1060 g/mol. The predicted octanol–water partition coefficient (Wildman–Crippen LogP) is 6.48. The monoisotopic (exact) mass is 1130 g/mol. The Labute approximate surface area is 441 Å². The minimum absolute atomic E-state index is 0.0290. The van der Waals surface area contributed by atoms with Crippen LogP contribution < -0.4 is 16.4 Å². The van der Waals surface area contributed by atoms with E-state index in [1.54, 1.807) is 0 Å². The van der Waals surface area contributed by atoms with E-state index >= 15 is 0 Å². The van der Waals surface area contributed by atoms with Crippen molar-refractivity contribution >= 4 is 69.1 Å². The van der Waals surface area contributed by atoms with Crippen LogP contribution in [-0.2, 0) is 50.7 Å². The lowest BCUT2D eigenvalue weighted by Gasteiger charge is -2.30. The molecule has 0 aliphatic carbocycles. The van der Waals surface area contributed by atoms with Crippen molar-refractivity contribution in [2.24, 2.45) is 5.41 Å². The van der Waals surface area contributed by atoms with Gasteiger partial charge in [-0.2, -0.15) is 4.31 Å². The van der Waals surface area contributed by atoms with Crippen LogP contribution in [-0.4, -0.2) is 123 Å². The number of fused-ring (bicyclic) bond motifs is 1. The molecule has 0 spiro atoms. The zero-order valence-corrected chi connectivity index (χ0v) is 45.7. The minimum Gasteiger partial charge on any atom is -0.386 e. The van der Waals surface area contributed by atoms with Gasteiger partial charge >= 0.3 is 23.5 Å². The van der Waals surface area contributed by atoms with E-state index in [1.807, 2.05) is 6.08 Å². The van der Waals surface area contributed by atoms with Gasteiger partial charge < -0.3 is 50.9 Å². The number of thioether (sulfide) groups is 1. The van der Waals surface area contributed by atoms with Crippen molar-refractivity contribution in [2.75, 3.05) is 37.8 Å². The summed E-state index contributed by atoms with van der Waals surface area (Å²) >= 11 is 1.05. The number of nitrogens with two attached hydrogens (primary N) is 1. The van der Waals surface area contributed by atoms with Gasteiger partial charge in [0.15, 0.2) is 17.7 Å². The molecule has 3 rings (SSSR count). The van der Waals surface area contributed by atoms with Crippen molar-refractivity contribution in [2.45, 2.75) is 122 Å². The van der Waals surface area contributed by atoms with E-state index in [-0.39, 0.29) is 41.6 Å². The molecule has 2 amide bonds. The lowest BCUT2D eigenvalue weighted by molar-refractivity contribution is -0.137. The van der Waals surface area contributed by atoms with Gasteiger partial charge in [0.1, 0.15) is 36.3 Å². The van der Waals surface area contributed by atoms with Crippen molar-refractivity contribution in [3.05, 3.63) is 97.7 Å². The number of aromatic nitrogens is 4. The van der Waals surface area contributed by atoms with Gasteiger partial charge in [-0.25, -0.2) is 28.6 Å². The number of hydrogen-bond acceptors (Lipinski definition) is 18. The van der Waals surface area contributed by atoms with Crippen LogP contribution in [0.25, 0.3) is 11.2 Å². The largest absolute Gasteiger partial charge is 0.481 e. The molecule has 75 heavy (non-hydrogen) atoms. The van der Waals surface area contributed by atoms with Gasteiger partial charge in [-0.05, 0) is 70.3 Å². The first-order chi connectivity index (χ1) is 35.6. The van der Waals surface area contributed by atoms with E-state index in [9.17, 15) is 57.9 Å². The van der Waals surface area contributed by atoms with Crippen LogP contribution in [0.2, 0.25) is 0 Å². The van der Waals surface area contributed by atoms with Crippen molar-refractivity contribution in [3.8, 4) is 0 Å². The molecule has 7 atom stereocenters. The van der Waals surface area contributed by atoms with Crippen LogP contribution in [0.1, 0.15) is 97.6 Å². The van der Waals surface area contributed by atoms with Gasteiger partial charge in [-0.1, -0.05) is 112 Å². The van der Waals surface area contributed by atoms with E-state index in [2.05, 4.69) is 114 Å². The topological polar surface area (TPSA) is 364 Å². The number of ether oxygens (including phenoxy) is 1. The second-order valence-electron chi connectivity index (χ2n) is 17.3. The second-order valence-corrected chi connectivity index (χ2v) is 22.7. The number of anilines is 1. The van der Waals surface area contributed by atoms with Crippen molar-refractivity contribution in [1.82, 2.24) is 30.2 Å². The number of phosphoric acid groups is 3. The van der Waals surface area contributed by atoms with E-state index in [1.165, 1.54) is 19.9 Å². The molecule has 28 heteroatoms. The number of allylic oxidation sites excluding steroid dienone is 13. The molecule has 0 aromatic carbocycles. The SMILES string of the molecule is CC/C=C\C/C=C\C/C=C\C/C=C\C/C=C\C/C=C\CCCC/C=C/C(=O)SCCNC(=O)CCNC(=O)[C@H](O)C(C)(C)COP(=O)(O)OP(=O)(O)OC[C@H]1O[C@@H](n2cnc3c(N)ncnc32)[C@H](O)[C@@H]1OP(=O)(O)O. The minimum atomic E-state index is -5.59. The zero-order chi connectivity index (χ0) is 55.3. The lowest BCUT2D eigenvalue weighted by Crippen LogP contribution is -2.46. The zero-order valence-electron chi connectivity index (χ0n) is 42.2. The molecule has 0 radical (unpaired) electrons. The molecule has 418 valence electrons. The summed E-state index contributed by atoms with van der Waals surface area (Å²) in [4.78, 5) is 88.4. The third-order valence-corrected chi connectivity index (χ3v) is 14.5. The summed E-state index contributed by atoms with van der Waals surface area (Å²) in [6.45, 7) is 2.60. The third kappa shape index (κ3) is 26.1. The highest BCUT2D eigenvalue weighted by atomic mass is 32.2. The summed E-state index contributed by atoms with van der Waals surface area (Å²) in [5.41, 5.74) is 4.27. The molecule has 1 saturated heterocycles. The number of imidazole rings is 1. The summed E-state index contributed by atoms with van der Waals surface area (Å²) < 4.78 is 62.5. The number of unbranched alkanes of at least 4 members (excludes halogenated alkanes) is 3. The highest BCUT2D eigenvalue weighted by Crippen LogP contribution is 2.61. The summed E-state index contributed by atoms with van der Waals surface area (Å²) in [5.74, 6) is -1.14. The number of carbonyl (C=O) groups excluding carboxylic acids is 3. The number of aliphatic hydroxyl groups excluding tert-OH is 2. The number of rotatable bonds is 36. The van der Waals surface area contributed by atoms with Crippen LogP contribution in [0.15, 0.2) is 97.7 Å². The number of hydrogen-bond donors (Lipinski definition) is 9. The first-order valence-electron chi connectivity index (χ1n) is 24.2. The third-order valence-electron chi connectivity index (χ3n) is 10.6. The number of nitrogen functional groups attached to an aromatic ring is 1. The average Bonchev–Trinajstić information content (AvgIpc) is 3.91. The quantitative estimate of drug-likeness (QED) is 0.0152.